The number of benzene rings is 1. The molecule has 0 bridgehead atoms. The van der Waals surface area contributed by atoms with Gasteiger partial charge in [0.1, 0.15) is 0 Å². The molecule has 1 aromatic heterocycles. The zero-order valence-corrected chi connectivity index (χ0v) is 12.3. The van der Waals surface area contributed by atoms with E-state index in [-0.39, 0.29) is 6.10 Å². The average molecular weight is 322 g/mol. The summed E-state index contributed by atoms with van der Waals surface area (Å²) in [4.78, 5) is 5.63. The molecule has 0 saturated heterocycles. The van der Waals surface area contributed by atoms with Crippen molar-refractivity contribution < 1.29 is 4.74 Å². The molecule has 0 aliphatic carbocycles. The van der Waals surface area contributed by atoms with Crippen molar-refractivity contribution in [1.29, 1.82) is 0 Å². The molecule has 0 amide bonds. The number of hydrogen-bond donors (Lipinski definition) is 0. The van der Waals surface area contributed by atoms with E-state index >= 15 is 0 Å². The number of rotatable bonds is 4. The molecular weight excluding hydrogens is 309 g/mol. The van der Waals surface area contributed by atoms with E-state index in [0.29, 0.717) is 15.0 Å². The number of hydrogen-bond acceptors (Lipinski definition) is 3. The molecule has 0 saturated carbocycles. The molecule has 18 heavy (non-hydrogen) atoms. The first-order chi connectivity index (χ1) is 8.92. The first-order valence-electron chi connectivity index (χ1n) is 5.84. The van der Waals surface area contributed by atoms with Crippen LogP contribution >= 0.6 is 11.3 Å². The van der Waals surface area contributed by atoms with Gasteiger partial charge in [0.25, 0.3) is 0 Å². The normalized spacial score (nSPS) is 18.4. The minimum absolute atomic E-state index is 0.266. The van der Waals surface area contributed by atoms with Gasteiger partial charge in [-0.05, 0) is 0 Å². The molecular formula is C14H13NOSSe. The van der Waals surface area contributed by atoms with Crippen molar-refractivity contribution in [3.05, 3.63) is 52.7 Å². The SMILES string of the molecule is c1ccc([Se]CC2CN=C(c3cccs3)O2)cc1. The Morgan fingerprint density at radius 2 is 2.11 bits per heavy atom. The topological polar surface area (TPSA) is 21.6 Å². The van der Waals surface area contributed by atoms with Crippen molar-refractivity contribution >= 4 is 36.7 Å². The van der Waals surface area contributed by atoms with Crippen LogP contribution in [0.1, 0.15) is 4.88 Å². The Labute approximate surface area is 117 Å². The predicted octanol–water partition coefficient (Wildman–Crippen LogP) is 2.34. The van der Waals surface area contributed by atoms with Crippen LogP contribution in [-0.2, 0) is 4.74 Å². The van der Waals surface area contributed by atoms with E-state index in [1.807, 2.05) is 6.07 Å². The predicted molar refractivity (Wildman–Crippen MR) is 77.2 cm³/mol. The third-order valence-corrected chi connectivity index (χ3v) is 5.89. The van der Waals surface area contributed by atoms with E-state index in [1.165, 1.54) is 4.46 Å². The van der Waals surface area contributed by atoms with Crippen LogP contribution in [0.5, 0.6) is 0 Å². The first-order valence-corrected chi connectivity index (χ1v) is 8.79. The van der Waals surface area contributed by atoms with Gasteiger partial charge in [0.2, 0.25) is 0 Å². The Hall–Kier alpha value is -1.09. The average Bonchev–Trinajstić information content (AvgIpc) is 3.08. The van der Waals surface area contributed by atoms with E-state index in [2.05, 4.69) is 46.8 Å². The van der Waals surface area contributed by atoms with Crippen molar-refractivity contribution in [2.75, 3.05) is 6.54 Å². The van der Waals surface area contributed by atoms with E-state index in [4.69, 9.17) is 4.74 Å². The second kappa shape index (κ2) is 5.70. The third kappa shape index (κ3) is 2.83. The van der Waals surface area contributed by atoms with Crippen molar-refractivity contribution in [3.8, 4) is 0 Å². The fourth-order valence-corrected chi connectivity index (χ4v) is 4.31. The van der Waals surface area contributed by atoms with Crippen LogP contribution in [0.15, 0.2) is 52.8 Å². The van der Waals surface area contributed by atoms with Gasteiger partial charge in [0, 0.05) is 0 Å². The molecule has 2 aromatic rings. The fourth-order valence-electron chi connectivity index (χ4n) is 1.75. The molecule has 3 rings (SSSR count). The summed E-state index contributed by atoms with van der Waals surface area (Å²) in [5.41, 5.74) is 0. The van der Waals surface area contributed by atoms with Crippen LogP contribution in [0.25, 0.3) is 0 Å². The summed E-state index contributed by atoms with van der Waals surface area (Å²) in [6, 6.07) is 14.7. The number of aliphatic imine (C=N–C) groups is 1. The first kappa shape index (κ1) is 12.0. The summed E-state index contributed by atoms with van der Waals surface area (Å²) in [6.45, 7) is 0.807. The molecule has 1 aliphatic rings. The zero-order valence-electron chi connectivity index (χ0n) is 9.78. The van der Waals surface area contributed by atoms with Crippen LogP contribution in [0.4, 0.5) is 0 Å². The maximum atomic E-state index is 5.90. The van der Waals surface area contributed by atoms with Crippen molar-refractivity contribution in [3.63, 3.8) is 0 Å². The van der Waals surface area contributed by atoms with Gasteiger partial charge in [-0.25, -0.2) is 0 Å². The Bertz CT molecular complexity index is 524. The Morgan fingerprint density at radius 3 is 2.89 bits per heavy atom. The second-order valence-electron chi connectivity index (χ2n) is 3.99. The van der Waals surface area contributed by atoms with Crippen LogP contribution in [0.3, 0.4) is 0 Å². The molecule has 2 heterocycles. The van der Waals surface area contributed by atoms with Gasteiger partial charge in [-0.15, -0.1) is 0 Å². The van der Waals surface area contributed by atoms with E-state index in [1.54, 1.807) is 11.3 Å². The molecule has 1 unspecified atom stereocenters. The van der Waals surface area contributed by atoms with Gasteiger partial charge in [0.15, 0.2) is 0 Å². The van der Waals surface area contributed by atoms with E-state index in [0.717, 1.165) is 22.6 Å². The van der Waals surface area contributed by atoms with Crippen LogP contribution in [0.2, 0.25) is 5.32 Å². The van der Waals surface area contributed by atoms with Crippen LogP contribution in [-0.4, -0.2) is 33.5 Å². The van der Waals surface area contributed by atoms with Crippen LogP contribution < -0.4 is 4.46 Å². The summed E-state index contributed by atoms with van der Waals surface area (Å²) in [7, 11) is 0. The maximum absolute atomic E-state index is 5.90. The van der Waals surface area contributed by atoms with Gasteiger partial charge < -0.3 is 0 Å². The molecule has 2 nitrogen and oxygen atoms in total. The molecule has 0 fully saturated rings. The number of nitrogens with zero attached hydrogens (tertiary/aromatic N) is 1. The van der Waals surface area contributed by atoms with Gasteiger partial charge in [-0.3, -0.25) is 0 Å². The standard InChI is InChI=1S/C14H13NOSSe/c1-2-5-12(6-3-1)18-10-11-9-15-14(16-11)13-7-4-8-17-13/h1-8,11H,9-10H2. The quantitative estimate of drug-likeness (QED) is 0.792. The van der Waals surface area contributed by atoms with Crippen molar-refractivity contribution in [2.45, 2.75) is 11.4 Å². The zero-order chi connectivity index (χ0) is 12.2. The molecule has 0 N–H and O–H groups in total. The Kier molecular flexibility index (Phi) is 3.79. The summed E-state index contributed by atoms with van der Waals surface area (Å²) >= 11 is 2.16. The fraction of sp³-hybridized carbons (Fsp3) is 0.214. The van der Waals surface area contributed by atoms with Crippen molar-refractivity contribution in [2.24, 2.45) is 4.99 Å². The minimum atomic E-state index is 0.266. The summed E-state index contributed by atoms with van der Waals surface area (Å²) in [5, 5.41) is 3.15. The number of thiophene rings is 1. The molecule has 4 heteroatoms. The van der Waals surface area contributed by atoms with Gasteiger partial charge in [0.05, 0.1) is 0 Å². The molecule has 1 atom stereocenters. The molecule has 0 spiro atoms. The molecule has 92 valence electrons. The molecule has 0 radical (unpaired) electrons. The third-order valence-electron chi connectivity index (χ3n) is 2.63. The summed E-state index contributed by atoms with van der Waals surface area (Å²) in [5.74, 6) is 0.832. The second-order valence-corrected chi connectivity index (χ2v) is 7.23. The van der Waals surface area contributed by atoms with Gasteiger partial charge >= 0.3 is 117 Å². The van der Waals surface area contributed by atoms with Crippen molar-refractivity contribution in [1.82, 2.24) is 0 Å². The number of ether oxygens (including phenoxy) is 1. The monoisotopic (exact) mass is 323 g/mol. The van der Waals surface area contributed by atoms with Crippen LogP contribution in [0, 0.1) is 0 Å². The molecule has 1 aromatic carbocycles. The Balaban J connectivity index is 1.53. The molecule has 1 aliphatic heterocycles. The van der Waals surface area contributed by atoms with E-state index < -0.39 is 0 Å². The van der Waals surface area contributed by atoms with E-state index in [9.17, 15) is 0 Å². The Morgan fingerprint density at radius 1 is 1.22 bits per heavy atom. The summed E-state index contributed by atoms with van der Waals surface area (Å²) in [6.07, 6.45) is 0.266. The van der Waals surface area contributed by atoms with Gasteiger partial charge in [-0.2, -0.15) is 0 Å². The summed E-state index contributed by atoms with van der Waals surface area (Å²) < 4.78 is 7.33. The van der Waals surface area contributed by atoms with Gasteiger partial charge in [-0.1, -0.05) is 0 Å².